The molecular formula is C20H14ClN5O3S. The number of amides is 2. The van der Waals surface area contributed by atoms with Gasteiger partial charge in [-0.3, -0.25) is 24.8 Å². The van der Waals surface area contributed by atoms with Gasteiger partial charge in [-0.2, -0.15) is 0 Å². The maximum Gasteiger partial charge on any atom is 0.281 e. The molecule has 4 aromatic rings. The Morgan fingerprint density at radius 3 is 2.70 bits per heavy atom. The second kappa shape index (κ2) is 8.44. The monoisotopic (exact) mass is 439 g/mol. The minimum Gasteiger partial charge on any atom is -0.342 e. The Hall–Kier alpha value is -3.56. The van der Waals surface area contributed by atoms with Crippen molar-refractivity contribution in [3.8, 4) is 11.1 Å². The second-order valence-corrected chi connectivity index (χ2v) is 7.49. The Bertz CT molecular complexity index is 1300. The van der Waals surface area contributed by atoms with Crippen LogP contribution >= 0.6 is 22.9 Å². The standard InChI is InChI=1S/C20H14ClN5O3S/c21-13-6-7-22-15(8-13)18(28)23-9-16(27)25-26-11-24-19-17(20(26)29)14(10-30-19)12-4-2-1-3-5-12/h1-8,10-11H,9H2,(H,23,28)(H,25,27). The van der Waals surface area contributed by atoms with E-state index in [-0.39, 0.29) is 12.2 Å². The summed E-state index contributed by atoms with van der Waals surface area (Å²) in [5.74, 6) is -1.15. The summed E-state index contributed by atoms with van der Waals surface area (Å²) in [6, 6.07) is 12.4. The Balaban J connectivity index is 1.51. The lowest BCUT2D eigenvalue weighted by molar-refractivity contribution is -0.116. The van der Waals surface area contributed by atoms with Gasteiger partial charge < -0.3 is 5.32 Å². The van der Waals surface area contributed by atoms with Crippen LogP contribution in [0.2, 0.25) is 5.02 Å². The molecule has 0 atom stereocenters. The molecule has 4 rings (SSSR count). The van der Waals surface area contributed by atoms with Crippen molar-refractivity contribution in [3.63, 3.8) is 0 Å². The van der Waals surface area contributed by atoms with Crippen LogP contribution in [-0.4, -0.2) is 33.0 Å². The van der Waals surface area contributed by atoms with Crippen LogP contribution in [0.25, 0.3) is 21.3 Å². The van der Waals surface area contributed by atoms with Crippen molar-refractivity contribution in [1.29, 1.82) is 0 Å². The number of hydrogen-bond donors (Lipinski definition) is 2. The van der Waals surface area contributed by atoms with Gasteiger partial charge in [-0.1, -0.05) is 41.9 Å². The minimum atomic E-state index is -0.592. The molecule has 30 heavy (non-hydrogen) atoms. The number of halogens is 1. The van der Waals surface area contributed by atoms with Crippen molar-refractivity contribution in [2.45, 2.75) is 0 Å². The maximum absolute atomic E-state index is 12.9. The maximum atomic E-state index is 12.9. The number of thiophene rings is 1. The summed E-state index contributed by atoms with van der Waals surface area (Å²) in [7, 11) is 0. The zero-order chi connectivity index (χ0) is 21.1. The smallest absolute Gasteiger partial charge is 0.281 e. The van der Waals surface area contributed by atoms with Gasteiger partial charge in [-0.05, 0) is 17.7 Å². The topological polar surface area (TPSA) is 106 Å². The molecule has 0 saturated heterocycles. The number of nitrogens with zero attached hydrogens (tertiary/aromatic N) is 3. The number of benzene rings is 1. The first kappa shape index (κ1) is 19.7. The van der Waals surface area contributed by atoms with Crippen LogP contribution in [0, 0.1) is 0 Å². The summed E-state index contributed by atoms with van der Waals surface area (Å²) in [5, 5.41) is 5.06. The highest BCUT2D eigenvalue weighted by molar-refractivity contribution is 7.17. The normalized spacial score (nSPS) is 10.7. The van der Waals surface area contributed by atoms with Gasteiger partial charge in [0.05, 0.1) is 11.9 Å². The van der Waals surface area contributed by atoms with E-state index in [0.717, 1.165) is 15.8 Å². The fourth-order valence-corrected chi connectivity index (χ4v) is 3.86. The molecule has 0 aliphatic rings. The summed E-state index contributed by atoms with van der Waals surface area (Å²) in [4.78, 5) is 45.9. The van der Waals surface area contributed by atoms with E-state index in [1.807, 2.05) is 35.7 Å². The van der Waals surface area contributed by atoms with Crippen molar-refractivity contribution < 1.29 is 9.59 Å². The van der Waals surface area contributed by atoms with Crippen LogP contribution in [0.5, 0.6) is 0 Å². The number of fused-ring (bicyclic) bond motifs is 1. The predicted molar refractivity (Wildman–Crippen MR) is 115 cm³/mol. The summed E-state index contributed by atoms with van der Waals surface area (Å²) in [6.07, 6.45) is 2.64. The van der Waals surface area contributed by atoms with Crippen molar-refractivity contribution >= 4 is 45.0 Å². The fourth-order valence-electron chi connectivity index (χ4n) is 2.80. The summed E-state index contributed by atoms with van der Waals surface area (Å²) in [5.41, 5.74) is 3.74. The molecule has 10 heteroatoms. The molecule has 0 fully saturated rings. The molecule has 0 spiro atoms. The minimum absolute atomic E-state index is 0.0846. The molecule has 2 amide bonds. The van der Waals surface area contributed by atoms with Crippen LogP contribution < -0.4 is 16.3 Å². The van der Waals surface area contributed by atoms with E-state index in [9.17, 15) is 14.4 Å². The fraction of sp³-hybridized carbons (Fsp3) is 0.0500. The van der Waals surface area contributed by atoms with Gasteiger partial charge in [-0.25, -0.2) is 9.66 Å². The molecule has 1 aromatic carbocycles. The molecule has 0 aliphatic heterocycles. The average molecular weight is 440 g/mol. The molecule has 0 radical (unpaired) electrons. The summed E-state index contributed by atoms with van der Waals surface area (Å²) < 4.78 is 1.01. The highest BCUT2D eigenvalue weighted by Crippen LogP contribution is 2.30. The van der Waals surface area contributed by atoms with Crippen molar-refractivity contribution in [2.24, 2.45) is 0 Å². The molecule has 0 aliphatic carbocycles. The lowest BCUT2D eigenvalue weighted by Gasteiger charge is -2.09. The van der Waals surface area contributed by atoms with E-state index >= 15 is 0 Å². The quantitative estimate of drug-likeness (QED) is 0.497. The van der Waals surface area contributed by atoms with Gasteiger partial charge >= 0.3 is 0 Å². The van der Waals surface area contributed by atoms with E-state index in [0.29, 0.717) is 15.2 Å². The molecule has 150 valence electrons. The summed E-state index contributed by atoms with van der Waals surface area (Å²) >= 11 is 7.18. The molecular weight excluding hydrogens is 426 g/mol. The molecule has 0 bridgehead atoms. The predicted octanol–water partition coefficient (Wildman–Crippen LogP) is 2.67. The molecule has 3 heterocycles. The van der Waals surface area contributed by atoms with E-state index in [4.69, 9.17) is 11.6 Å². The summed E-state index contributed by atoms with van der Waals surface area (Å²) in [6.45, 7) is -0.354. The van der Waals surface area contributed by atoms with Crippen LogP contribution in [0.3, 0.4) is 0 Å². The number of pyridine rings is 1. The zero-order valence-corrected chi connectivity index (χ0v) is 16.9. The first-order valence-corrected chi connectivity index (χ1v) is 10.0. The molecule has 3 aromatic heterocycles. The Morgan fingerprint density at radius 1 is 1.13 bits per heavy atom. The van der Waals surface area contributed by atoms with E-state index < -0.39 is 17.4 Å². The molecule has 0 unspecified atom stereocenters. The first-order valence-electron chi connectivity index (χ1n) is 8.77. The SMILES string of the molecule is O=C(CNC(=O)c1cc(Cl)ccn1)Nn1cnc2scc(-c3ccccc3)c2c1=O. The molecule has 2 N–H and O–H groups in total. The number of nitrogens with one attached hydrogen (secondary N) is 2. The van der Waals surface area contributed by atoms with Crippen LogP contribution in [0.15, 0.2) is 65.2 Å². The third-order valence-corrected chi connectivity index (χ3v) is 5.31. The van der Waals surface area contributed by atoms with Gasteiger partial charge in [-0.15, -0.1) is 11.3 Å². The van der Waals surface area contributed by atoms with Crippen LogP contribution in [-0.2, 0) is 4.79 Å². The van der Waals surface area contributed by atoms with Crippen molar-refractivity contribution in [3.05, 3.63) is 81.4 Å². The zero-order valence-electron chi connectivity index (χ0n) is 15.3. The van der Waals surface area contributed by atoms with Gasteiger partial charge in [0.25, 0.3) is 17.4 Å². The first-order chi connectivity index (χ1) is 14.5. The van der Waals surface area contributed by atoms with E-state index in [2.05, 4.69) is 20.7 Å². The van der Waals surface area contributed by atoms with Gasteiger partial charge in [0.1, 0.15) is 16.9 Å². The number of carbonyl (C=O) groups is 2. The molecule has 0 saturated carbocycles. The third kappa shape index (κ3) is 4.07. The number of hydrogen-bond acceptors (Lipinski definition) is 6. The second-order valence-electron chi connectivity index (χ2n) is 6.19. The van der Waals surface area contributed by atoms with Gasteiger partial charge in [0.15, 0.2) is 0 Å². The lowest BCUT2D eigenvalue weighted by Crippen LogP contribution is -2.39. The molecule has 8 nitrogen and oxygen atoms in total. The number of aromatic nitrogens is 3. The largest absolute Gasteiger partial charge is 0.342 e. The Labute approximate surface area is 179 Å². The van der Waals surface area contributed by atoms with Gasteiger partial charge in [0, 0.05) is 22.2 Å². The highest BCUT2D eigenvalue weighted by atomic mass is 35.5. The van der Waals surface area contributed by atoms with Crippen LogP contribution in [0.1, 0.15) is 10.5 Å². The van der Waals surface area contributed by atoms with Gasteiger partial charge in [0.2, 0.25) is 0 Å². The van der Waals surface area contributed by atoms with E-state index in [1.54, 1.807) is 0 Å². The third-order valence-electron chi connectivity index (χ3n) is 4.19. The Morgan fingerprint density at radius 2 is 1.93 bits per heavy atom. The van der Waals surface area contributed by atoms with E-state index in [1.165, 1.54) is 36.0 Å². The number of carbonyl (C=O) groups excluding carboxylic acids is 2. The van der Waals surface area contributed by atoms with Crippen molar-refractivity contribution in [2.75, 3.05) is 12.0 Å². The van der Waals surface area contributed by atoms with Crippen LogP contribution in [0.4, 0.5) is 0 Å². The van der Waals surface area contributed by atoms with Crippen molar-refractivity contribution in [1.82, 2.24) is 20.0 Å². The lowest BCUT2D eigenvalue weighted by atomic mass is 10.1. The number of rotatable bonds is 5. The average Bonchev–Trinajstić information content (AvgIpc) is 3.19. The Kier molecular flexibility index (Phi) is 5.55. The highest BCUT2D eigenvalue weighted by Gasteiger charge is 2.15.